The molecule has 0 unspecified atom stereocenters. The molecule has 0 spiro atoms. The second-order valence-electron chi connectivity index (χ2n) is 6.58. The van der Waals surface area contributed by atoms with Crippen LogP contribution in [0.25, 0.3) is 11.1 Å². The van der Waals surface area contributed by atoms with Gasteiger partial charge in [0, 0.05) is 18.2 Å². The summed E-state index contributed by atoms with van der Waals surface area (Å²) in [7, 11) is 0. The fourth-order valence-electron chi connectivity index (χ4n) is 2.61. The zero-order valence-corrected chi connectivity index (χ0v) is 14.8. The van der Waals surface area contributed by atoms with Crippen LogP contribution in [0.1, 0.15) is 32.1 Å². The van der Waals surface area contributed by atoms with Gasteiger partial charge in [-0.25, -0.2) is 13.8 Å². The number of unbranched alkanes of at least 4 members (excludes halogenated alkanes) is 1. The number of ether oxygens (including phenoxy) is 2. The fourth-order valence-corrected chi connectivity index (χ4v) is 2.61. The van der Waals surface area contributed by atoms with E-state index in [9.17, 15) is 13.6 Å². The number of benzene rings is 1. The molecular formula is C20H21F2NO4. The van der Waals surface area contributed by atoms with Crippen LogP contribution in [-0.2, 0) is 4.79 Å². The molecule has 144 valence electrons. The first-order valence-corrected chi connectivity index (χ1v) is 8.96. The van der Waals surface area contributed by atoms with Gasteiger partial charge in [-0.2, -0.15) is 0 Å². The quantitative estimate of drug-likeness (QED) is 0.620. The van der Waals surface area contributed by atoms with Crippen LogP contribution in [0.3, 0.4) is 0 Å². The summed E-state index contributed by atoms with van der Waals surface area (Å²) in [6, 6.07) is 5.77. The zero-order chi connectivity index (χ0) is 19.2. The predicted octanol–water partition coefficient (Wildman–Crippen LogP) is 4.45. The van der Waals surface area contributed by atoms with Gasteiger partial charge in [0.1, 0.15) is 0 Å². The summed E-state index contributed by atoms with van der Waals surface area (Å²) in [5.41, 5.74) is 0.839. The smallest absolute Gasteiger partial charge is 0.303 e. The summed E-state index contributed by atoms with van der Waals surface area (Å²) >= 11 is 0. The Morgan fingerprint density at radius 3 is 2.59 bits per heavy atom. The van der Waals surface area contributed by atoms with Gasteiger partial charge < -0.3 is 14.6 Å². The molecule has 1 aromatic heterocycles. The number of aromatic nitrogens is 1. The summed E-state index contributed by atoms with van der Waals surface area (Å²) in [5.74, 6) is -2.12. The molecule has 0 atom stereocenters. The second kappa shape index (κ2) is 8.79. The van der Waals surface area contributed by atoms with Crippen molar-refractivity contribution in [3.8, 4) is 22.8 Å². The van der Waals surface area contributed by atoms with Crippen LogP contribution in [0.15, 0.2) is 30.5 Å². The maximum atomic E-state index is 14.4. The van der Waals surface area contributed by atoms with Gasteiger partial charge in [-0.3, -0.25) is 4.79 Å². The lowest BCUT2D eigenvalue weighted by molar-refractivity contribution is -0.137. The van der Waals surface area contributed by atoms with Gasteiger partial charge in [0.05, 0.1) is 13.2 Å². The van der Waals surface area contributed by atoms with Crippen molar-refractivity contribution in [2.24, 2.45) is 5.92 Å². The van der Waals surface area contributed by atoms with Gasteiger partial charge in [0.2, 0.25) is 5.88 Å². The predicted molar refractivity (Wildman–Crippen MR) is 94.8 cm³/mol. The molecule has 3 rings (SSSR count). The first-order valence-electron chi connectivity index (χ1n) is 8.96. The number of aliphatic carboxylic acids is 1. The van der Waals surface area contributed by atoms with E-state index in [1.54, 1.807) is 18.3 Å². The molecule has 0 saturated heterocycles. The minimum Gasteiger partial charge on any atom is -0.488 e. The van der Waals surface area contributed by atoms with Crippen LogP contribution in [0.4, 0.5) is 8.78 Å². The van der Waals surface area contributed by atoms with E-state index in [0.717, 1.165) is 12.8 Å². The zero-order valence-electron chi connectivity index (χ0n) is 14.8. The fraction of sp³-hybridized carbons (Fsp3) is 0.400. The topological polar surface area (TPSA) is 68.7 Å². The van der Waals surface area contributed by atoms with E-state index in [2.05, 4.69) is 4.98 Å². The van der Waals surface area contributed by atoms with Gasteiger partial charge in [0.15, 0.2) is 17.4 Å². The molecule has 2 aromatic rings. The van der Waals surface area contributed by atoms with E-state index < -0.39 is 23.4 Å². The molecule has 1 aliphatic carbocycles. The number of rotatable bonds is 10. The monoisotopic (exact) mass is 377 g/mol. The average molecular weight is 377 g/mol. The highest BCUT2D eigenvalue weighted by Gasteiger charge is 2.23. The summed E-state index contributed by atoms with van der Waals surface area (Å²) in [6.45, 7) is 0.593. The van der Waals surface area contributed by atoms with Crippen molar-refractivity contribution in [3.05, 3.63) is 42.1 Å². The SMILES string of the molecule is O=C(O)CCCCOc1c(F)cc(-c2cccnc2OCC2CC2)cc1F. The molecule has 1 N–H and O–H groups in total. The first kappa shape index (κ1) is 19.1. The Balaban J connectivity index is 1.69. The van der Waals surface area contributed by atoms with Crippen molar-refractivity contribution in [2.45, 2.75) is 32.1 Å². The molecule has 27 heavy (non-hydrogen) atoms. The third-order valence-electron chi connectivity index (χ3n) is 4.26. The van der Waals surface area contributed by atoms with Crippen molar-refractivity contribution >= 4 is 5.97 Å². The van der Waals surface area contributed by atoms with E-state index >= 15 is 0 Å². The Bertz CT molecular complexity index is 785. The van der Waals surface area contributed by atoms with E-state index in [4.69, 9.17) is 14.6 Å². The van der Waals surface area contributed by atoms with Crippen LogP contribution in [0.5, 0.6) is 11.6 Å². The van der Waals surface area contributed by atoms with Crippen molar-refractivity contribution in [1.29, 1.82) is 0 Å². The lowest BCUT2D eigenvalue weighted by Gasteiger charge is -2.13. The third kappa shape index (κ3) is 5.39. The van der Waals surface area contributed by atoms with Gasteiger partial charge in [0.25, 0.3) is 0 Å². The van der Waals surface area contributed by atoms with Crippen molar-refractivity contribution in [2.75, 3.05) is 13.2 Å². The number of nitrogens with zero attached hydrogens (tertiary/aromatic N) is 1. The largest absolute Gasteiger partial charge is 0.488 e. The molecule has 1 aromatic carbocycles. The lowest BCUT2D eigenvalue weighted by Crippen LogP contribution is -2.04. The first-order chi connectivity index (χ1) is 13.0. The average Bonchev–Trinajstić information content (AvgIpc) is 3.46. The maximum Gasteiger partial charge on any atom is 0.303 e. The van der Waals surface area contributed by atoms with Crippen molar-refractivity contribution < 1.29 is 28.2 Å². The van der Waals surface area contributed by atoms with E-state index in [1.165, 1.54) is 12.1 Å². The number of carboxylic acids is 1. The number of hydrogen-bond donors (Lipinski definition) is 1. The Morgan fingerprint density at radius 2 is 1.93 bits per heavy atom. The van der Waals surface area contributed by atoms with Crippen LogP contribution in [0, 0.1) is 17.6 Å². The molecule has 1 heterocycles. The molecule has 0 aliphatic heterocycles. The van der Waals surface area contributed by atoms with Crippen LogP contribution >= 0.6 is 0 Å². The Kier molecular flexibility index (Phi) is 6.21. The molecule has 5 nitrogen and oxygen atoms in total. The Morgan fingerprint density at radius 1 is 1.19 bits per heavy atom. The Labute approximate surface area is 156 Å². The molecule has 7 heteroatoms. The number of carbonyl (C=O) groups is 1. The van der Waals surface area contributed by atoms with Crippen LogP contribution < -0.4 is 9.47 Å². The standard InChI is InChI=1S/C20H21F2NO4/c21-16-10-14(11-17(22)19(16)26-9-2-1-5-18(24)25)15-4-3-8-23-20(15)27-12-13-6-7-13/h3-4,8,10-11,13H,1-2,5-7,9,12H2,(H,24,25). The van der Waals surface area contributed by atoms with E-state index in [0.29, 0.717) is 42.4 Å². The summed E-state index contributed by atoms with van der Waals surface area (Å²) in [6.07, 6.45) is 4.61. The number of pyridine rings is 1. The highest BCUT2D eigenvalue weighted by molar-refractivity contribution is 5.69. The molecule has 1 fully saturated rings. The highest BCUT2D eigenvalue weighted by Crippen LogP contribution is 2.35. The van der Waals surface area contributed by atoms with E-state index in [1.807, 2.05) is 0 Å². The third-order valence-corrected chi connectivity index (χ3v) is 4.26. The second-order valence-corrected chi connectivity index (χ2v) is 6.58. The molecule has 1 saturated carbocycles. The van der Waals surface area contributed by atoms with E-state index in [-0.39, 0.29) is 13.0 Å². The lowest BCUT2D eigenvalue weighted by atomic mass is 10.1. The van der Waals surface area contributed by atoms with Crippen molar-refractivity contribution in [1.82, 2.24) is 4.98 Å². The summed E-state index contributed by atoms with van der Waals surface area (Å²) in [5, 5.41) is 8.58. The molecule has 1 aliphatic rings. The number of halogens is 2. The normalized spacial score (nSPS) is 13.4. The molecule has 0 radical (unpaired) electrons. The summed E-state index contributed by atoms with van der Waals surface area (Å²) in [4.78, 5) is 14.6. The maximum absolute atomic E-state index is 14.4. The molecule has 0 amide bonds. The minimum atomic E-state index is -0.909. The Hall–Kier alpha value is -2.70. The van der Waals surface area contributed by atoms with Crippen LogP contribution in [0.2, 0.25) is 0 Å². The molecular weight excluding hydrogens is 356 g/mol. The van der Waals surface area contributed by atoms with Gasteiger partial charge >= 0.3 is 5.97 Å². The summed E-state index contributed by atoms with van der Waals surface area (Å²) < 4.78 is 39.6. The molecule has 0 bridgehead atoms. The number of hydrogen-bond acceptors (Lipinski definition) is 4. The number of carboxylic acid groups (broad SMARTS) is 1. The highest BCUT2D eigenvalue weighted by atomic mass is 19.1. The van der Waals surface area contributed by atoms with Crippen LogP contribution in [-0.4, -0.2) is 29.3 Å². The van der Waals surface area contributed by atoms with Gasteiger partial charge in [-0.1, -0.05) is 0 Å². The minimum absolute atomic E-state index is 0.00208. The van der Waals surface area contributed by atoms with Crippen molar-refractivity contribution in [3.63, 3.8) is 0 Å². The van der Waals surface area contributed by atoms with Gasteiger partial charge in [-0.05, 0) is 61.4 Å². The van der Waals surface area contributed by atoms with Gasteiger partial charge in [-0.15, -0.1) is 0 Å².